The highest BCUT2D eigenvalue weighted by Crippen LogP contribution is 2.37. The van der Waals surface area contributed by atoms with E-state index in [0.717, 1.165) is 24.8 Å². The molecule has 4 nitrogen and oxygen atoms in total. The number of halogens is 1. The van der Waals surface area contributed by atoms with E-state index in [2.05, 4.69) is 17.1 Å². The van der Waals surface area contributed by atoms with Crippen LogP contribution in [0.2, 0.25) is 5.02 Å². The number of nitrogens with two attached hydrogens (primary N) is 1. The van der Waals surface area contributed by atoms with E-state index < -0.39 is 5.54 Å². The zero-order chi connectivity index (χ0) is 14.2. The van der Waals surface area contributed by atoms with Crippen molar-refractivity contribution in [2.45, 2.75) is 38.1 Å². The Hall–Kier alpha value is -1.39. The molecule has 1 aromatic carbocycles. The Bertz CT molecular complexity index is 595. The quantitative estimate of drug-likeness (QED) is 0.915. The average Bonchev–Trinajstić information content (AvgIpc) is 2.90. The van der Waals surface area contributed by atoms with Crippen LogP contribution in [0, 0.1) is 5.92 Å². The van der Waals surface area contributed by atoms with Gasteiger partial charge in [-0.05, 0) is 43.0 Å². The highest BCUT2D eigenvalue weighted by molar-refractivity contribution is 6.30. The fourth-order valence-electron chi connectivity index (χ4n) is 2.93. The highest BCUT2D eigenvalue weighted by Gasteiger charge is 2.37. The standard InChI is InChI=1S/C15H18ClN3O/c1-10-3-2-8-15(17,9-10)14-18-13(20-19-14)11-4-6-12(16)7-5-11/h4-7,10H,2-3,8-9,17H2,1H3. The van der Waals surface area contributed by atoms with E-state index in [1.165, 1.54) is 6.42 Å². The zero-order valence-corrected chi connectivity index (χ0v) is 12.2. The maximum Gasteiger partial charge on any atom is 0.257 e. The van der Waals surface area contributed by atoms with E-state index in [4.69, 9.17) is 21.9 Å². The highest BCUT2D eigenvalue weighted by atomic mass is 35.5. The van der Waals surface area contributed by atoms with E-state index in [1.807, 2.05) is 24.3 Å². The van der Waals surface area contributed by atoms with Crippen LogP contribution in [0.15, 0.2) is 28.8 Å². The second kappa shape index (κ2) is 5.19. The Balaban J connectivity index is 1.88. The largest absolute Gasteiger partial charge is 0.334 e. The summed E-state index contributed by atoms with van der Waals surface area (Å²) in [5.74, 6) is 1.72. The van der Waals surface area contributed by atoms with Crippen molar-refractivity contribution in [3.63, 3.8) is 0 Å². The predicted molar refractivity (Wildman–Crippen MR) is 78.2 cm³/mol. The number of aromatic nitrogens is 2. The molecule has 0 radical (unpaired) electrons. The third-order valence-electron chi connectivity index (χ3n) is 4.00. The maximum atomic E-state index is 6.48. The number of hydrogen-bond donors (Lipinski definition) is 1. The van der Waals surface area contributed by atoms with Gasteiger partial charge in [0, 0.05) is 10.6 Å². The summed E-state index contributed by atoms with van der Waals surface area (Å²) < 4.78 is 5.36. The van der Waals surface area contributed by atoms with Crippen LogP contribution in [0.4, 0.5) is 0 Å². The van der Waals surface area contributed by atoms with Crippen molar-refractivity contribution in [1.29, 1.82) is 0 Å². The summed E-state index contributed by atoms with van der Waals surface area (Å²) in [6, 6.07) is 7.35. The summed E-state index contributed by atoms with van der Waals surface area (Å²) in [6.45, 7) is 2.22. The second-order valence-electron chi connectivity index (χ2n) is 5.79. The first-order valence-corrected chi connectivity index (χ1v) is 7.34. The van der Waals surface area contributed by atoms with Gasteiger partial charge in [-0.2, -0.15) is 4.98 Å². The van der Waals surface area contributed by atoms with Crippen LogP contribution in [0.1, 0.15) is 38.4 Å². The Morgan fingerprint density at radius 1 is 1.35 bits per heavy atom. The molecule has 1 saturated carbocycles. The normalized spacial score (nSPS) is 26.6. The molecule has 2 aromatic rings. The molecule has 1 heterocycles. The van der Waals surface area contributed by atoms with Crippen LogP contribution >= 0.6 is 11.6 Å². The van der Waals surface area contributed by atoms with Gasteiger partial charge >= 0.3 is 0 Å². The molecule has 1 aromatic heterocycles. The molecule has 0 aliphatic heterocycles. The molecule has 1 aliphatic rings. The summed E-state index contributed by atoms with van der Waals surface area (Å²) >= 11 is 5.88. The molecule has 1 aliphatic carbocycles. The number of rotatable bonds is 2. The van der Waals surface area contributed by atoms with Gasteiger partial charge in [0.15, 0.2) is 5.82 Å². The van der Waals surface area contributed by atoms with Gasteiger partial charge in [-0.3, -0.25) is 0 Å². The number of hydrogen-bond acceptors (Lipinski definition) is 4. The van der Waals surface area contributed by atoms with Crippen LogP contribution < -0.4 is 5.73 Å². The summed E-state index contributed by atoms with van der Waals surface area (Å²) in [7, 11) is 0. The minimum absolute atomic E-state index is 0.453. The van der Waals surface area contributed by atoms with Gasteiger partial charge in [0.25, 0.3) is 5.89 Å². The molecule has 1 fully saturated rings. The molecule has 0 spiro atoms. The molecule has 3 rings (SSSR count). The Morgan fingerprint density at radius 3 is 2.80 bits per heavy atom. The Morgan fingerprint density at radius 2 is 2.10 bits per heavy atom. The minimum Gasteiger partial charge on any atom is -0.334 e. The molecule has 0 bridgehead atoms. The Labute approximate surface area is 123 Å². The van der Waals surface area contributed by atoms with E-state index in [9.17, 15) is 0 Å². The van der Waals surface area contributed by atoms with Crippen molar-refractivity contribution in [3.8, 4) is 11.5 Å². The van der Waals surface area contributed by atoms with Gasteiger partial charge in [0.2, 0.25) is 0 Å². The lowest BCUT2D eigenvalue weighted by Gasteiger charge is -2.33. The van der Waals surface area contributed by atoms with Crippen LogP contribution in [-0.2, 0) is 5.54 Å². The molecular weight excluding hydrogens is 274 g/mol. The van der Waals surface area contributed by atoms with E-state index in [1.54, 1.807) is 0 Å². The lowest BCUT2D eigenvalue weighted by molar-refractivity contribution is 0.222. The number of nitrogens with zero attached hydrogens (tertiary/aromatic N) is 2. The molecule has 2 N–H and O–H groups in total. The van der Waals surface area contributed by atoms with Gasteiger partial charge in [-0.25, -0.2) is 0 Å². The zero-order valence-electron chi connectivity index (χ0n) is 11.5. The molecule has 2 atom stereocenters. The van der Waals surface area contributed by atoms with E-state index in [0.29, 0.717) is 22.7 Å². The van der Waals surface area contributed by atoms with Crippen molar-refractivity contribution < 1.29 is 4.52 Å². The first kappa shape index (κ1) is 13.6. The summed E-state index contributed by atoms with van der Waals surface area (Å²) in [5, 5.41) is 4.79. The smallest absolute Gasteiger partial charge is 0.257 e. The molecule has 20 heavy (non-hydrogen) atoms. The van der Waals surface area contributed by atoms with Gasteiger partial charge in [-0.15, -0.1) is 0 Å². The van der Waals surface area contributed by atoms with Crippen LogP contribution in [-0.4, -0.2) is 10.1 Å². The van der Waals surface area contributed by atoms with Crippen molar-refractivity contribution in [1.82, 2.24) is 10.1 Å². The first-order valence-electron chi connectivity index (χ1n) is 6.96. The third-order valence-corrected chi connectivity index (χ3v) is 4.25. The predicted octanol–water partition coefficient (Wildman–Crippen LogP) is 3.75. The van der Waals surface area contributed by atoms with Crippen LogP contribution in [0.5, 0.6) is 0 Å². The van der Waals surface area contributed by atoms with Crippen molar-refractivity contribution >= 4 is 11.6 Å². The minimum atomic E-state index is -0.453. The topological polar surface area (TPSA) is 64.9 Å². The van der Waals surface area contributed by atoms with Gasteiger partial charge in [0.05, 0.1) is 5.54 Å². The number of benzene rings is 1. The third kappa shape index (κ3) is 2.58. The van der Waals surface area contributed by atoms with Gasteiger partial charge in [0.1, 0.15) is 0 Å². The van der Waals surface area contributed by atoms with Crippen molar-refractivity contribution in [2.75, 3.05) is 0 Å². The molecule has 0 amide bonds. The fourth-order valence-corrected chi connectivity index (χ4v) is 3.06. The van der Waals surface area contributed by atoms with Gasteiger partial charge < -0.3 is 10.3 Å². The maximum absolute atomic E-state index is 6.48. The molecule has 5 heteroatoms. The molecule has 0 saturated heterocycles. The lowest BCUT2D eigenvalue weighted by Crippen LogP contribution is -2.42. The van der Waals surface area contributed by atoms with Crippen LogP contribution in [0.25, 0.3) is 11.5 Å². The summed E-state index contributed by atoms with van der Waals surface area (Å²) in [5.41, 5.74) is 6.89. The fraction of sp³-hybridized carbons (Fsp3) is 0.467. The van der Waals surface area contributed by atoms with Gasteiger partial charge in [-0.1, -0.05) is 36.5 Å². The van der Waals surface area contributed by atoms with Crippen molar-refractivity contribution in [3.05, 3.63) is 35.1 Å². The molecular formula is C15H18ClN3O. The van der Waals surface area contributed by atoms with Crippen molar-refractivity contribution in [2.24, 2.45) is 11.7 Å². The van der Waals surface area contributed by atoms with E-state index >= 15 is 0 Å². The van der Waals surface area contributed by atoms with E-state index in [-0.39, 0.29) is 0 Å². The first-order chi connectivity index (χ1) is 9.57. The molecule has 2 unspecified atom stereocenters. The van der Waals surface area contributed by atoms with Crippen LogP contribution in [0.3, 0.4) is 0 Å². The summed E-state index contributed by atoms with van der Waals surface area (Å²) in [6.07, 6.45) is 4.16. The second-order valence-corrected chi connectivity index (χ2v) is 6.22. The molecule has 106 valence electrons. The SMILES string of the molecule is CC1CCCC(N)(c2noc(-c3ccc(Cl)cc3)n2)C1. The monoisotopic (exact) mass is 291 g/mol. The Kier molecular flexibility index (Phi) is 3.52. The average molecular weight is 292 g/mol. The summed E-state index contributed by atoms with van der Waals surface area (Å²) in [4.78, 5) is 4.49. The lowest BCUT2D eigenvalue weighted by atomic mass is 9.76.